The summed E-state index contributed by atoms with van der Waals surface area (Å²) in [5, 5.41) is 0. The normalized spacial score (nSPS) is 12.5. The number of esters is 3. The molecule has 326 valence electrons. The van der Waals surface area contributed by atoms with Crippen LogP contribution in [0.4, 0.5) is 0 Å². The van der Waals surface area contributed by atoms with Gasteiger partial charge >= 0.3 is 17.9 Å². The molecule has 0 heterocycles. The van der Waals surface area contributed by atoms with Crippen LogP contribution in [0.3, 0.4) is 0 Å². The van der Waals surface area contributed by atoms with E-state index in [2.05, 4.69) is 34.6 Å². The molecular weight excluding hydrogens is 685 g/mol. The molecule has 0 aromatic rings. The number of hydrogen-bond donors (Lipinski definition) is 0. The summed E-state index contributed by atoms with van der Waals surface area (Å²) in [5.41, 5.74) is 0. The van der Waals surface area contributed by atoms with Crippen LogP contribution in [-0.2, 0) is 28.6 Å². The molecule has 0 radical (unpaired) electrons. The molecule has 0 fully saturated rings. The van der Waals surface area contributed by atoms with E-state index >= 15 is 0 Å². The van der Waals surface area contributed by atoms with Gasteiger partial charge in [0.1, 0.15) is 13.2 Å². The maximum atomic E-state index is 12.7. The van der Waals surface area contributed by atoms with Crippen LogP contribution in [0.2, 0.25) is 0 Å². The summed E-state index contributed by atoms with van der Waals surface area (Å²) in [6.07, 6.45) is 40.9. The van der Waals surface area contributed by atoms with Crippen LogP contribution in [0.5, 0.6) is 0 Å². The van der Waals surface area contributed by atoms with Crippen LogP contribution in [0, 0.1) is 11.8 Å². The van der Waals surface area contributed by atoms with Gasteiger partial charge in [-0.1, -0.05) is 227 Å². The Labute approximate surface area is 342 Å². The summed E-state index contributed by atoms with van der Waals surface area (Å²) in [4.78, 5) is 37.7. The second-order valence-electron chi connectivity index (χ2n) is 17.5. The minimum Gasteiger partial charge on any atom is -0.462 e. The van der Waals surface area contributed by atoms with Crippen molar-refractivity contribution in [3.05, 3.63) is 0 Å². The van der Waals surface area contributed by atoms with Gasteiger partial charge in [-0.25, -0.2) is 0 Å². The highest BCUT2D eigenvalue weighted by atomic mass is 16.6. The van der Waals surface area contributed by atoms with Gasteiger partial charge in [0.25, 0.3) is 0 Å². The van der Waals surface area contributed by atoms with Crippen molar-refractivity contribution >= 4 is 17.9 Å². The molecule has 0 saturated carbocycles. The first-order valence-electron chi connectivity index (χ1n) is 24.3. The maximum absolute atomic E-state index is 12.7. The Bertz CT molecular complexity index is 841. The summed E-state index contributed by atoms with van der Waals surface area (Å²) in [6, 6.07) is 0. The van der Waals surface area contributed by atoms with E-state index in [4.69, 9.17) is 14.2 Å². The fraction of sp³-hybridized carbons (Fsp3) is 0.939. The predicted octanol–water partition coefficient (Wildman–Crippen LogP) is 15.4. The number of hydrogen-bond acceptors (Lipinski definition) is 6. The third-order valence-electron chi connectivity index (χ3n) is 11.3. The van der Waals surface area contributed by atoms with Crippen molar-refractivity contribution in [1.29, 1.82) is 0 Å². The monoisotopic (exact) mass is 779 g/mol. The van der Waals surface area contributed by atoms with Crippen molar-refractivity contribution < 1.29 is 28.6 Å². The van der Waals surface area contributed by atoms with E-state index < -0.39 is 6.10 Å². The predicted molar refractivity (Wildman–Crippen MR) is 233 cm³/mol. The largest absolute Gasteiger partial charge is 0.462 e. The smallest absolute Gasteiger partial charge is 0.306 e. The second-order valence-corrected chi connectivity index (χ2v) is 17.5. The number of carbonyl (C=O) groups is 3. The highest BCUT2D eigenvalue weighted by molar-refractivity contribution is 5.71. The Hall–Kier alpha value is -1.59. The summed E-state index contributed by atoms with van der Waals surface area (Å²) in [6.45, 7) is 11.3. The van der Waals surface area contributed by atoms with Crippen molar-refractivity contribution in [3.63, 3.8) is 0 Å². The Morgan fingerprint density at radius 1 is 0.382 bits per heavy atom. The summed E-state index contributed by atoms with van der Waals surface area (Å²) < 4.78 is 16.7. The van der Waals surface area contributed by atoms with Crippen LogP contribution >= 0.6 is 0 Å². The number of carbonyl (C=O) groups excluding carboxylic acids is 3. The third kappa shape index (κ3) is 41.9. The van der Waals surface area contributed by atoms with E-state index in [-0.39, 0.29) is 31.1 Å². The SMILES string of the molecule is CCCCCCCCCCCCC(=O)OC[C@H](COC(=O)CCCCCCCCCCCCCCCCC(C)C)OC(=O)CCCCCCCCC(C)CC. The Balaban J connectivity index is 4.26. The van der Waals surface area contributed by atoms with Crippen LogP contribution in [-0.4, -0.2) is 37.2 Å². The van der Waals surface area contributed by atoms with E-state index in [0.717, 1.165) is 69.6 Å². The topological polar surface area (TPSA) is 78.9 Å². The molecule has 6 nitrogen and oxygen atoms in total. The molecule has 0 aromatic carbocycles. The summed E-state index contributed by atoms with van der Waals surface area (Å²) >= 11 is 0. The molecule has 1 unspecified atom stereocenters. The van der Waals surface area contributed by atoms with Gasteiger partial charge in [0, 0.05) is 19.3 Å². The van der Waals surface area contributed by atoms with Gasteiger partial charge in [-0.05, 0) is 31.1 Å². The van der Waals surface area contributed by atoms with Gasteiger partial charge in [-0.3, -0.25) is 14.4 Å². The lowest BCUT2D eigenvalue weighted by atomic mass is 10.00. The lowest BCUT2D eigenvalue weighted by molar-refractivity contribution is -0.167. The fourth-order valence-corrected chi connectivity index (χ4v) is 7.25. The van der Waals surface area contributed by atoms with Crippen molar-refractivity contribution in [2.45, 2.75) is 272 Å². The minimum absolute atomic E-state index is 0.0651. The van der Waals surface area contributed by atoms with Gasteiger partial charge in [-0.15, -0.1) is 0 Å². The maximum Gasteiger partial charge on any atom is 0.306 e. The van der Waals surface area contributed by atoms with Gasteiger partial charge in [0.2, 0.25) is 0 Å². The molecule has 0 amide bonds. The van der Waals surface area contributed by atoms with Crippen LogP contribution in [0.25, 0.3) is 0 Å². The number of ether oxygens (including phenoxy) is 3. The van der Waals surface area contributed by atoms with Crippen LogP contribution in [0.1, 0.15) is 266 Å². The van der Waals surface area contributed by atoms with Gasteiger partial charge in [-0.2, -0.15) is 0 Å². The summed E-state index contributed by atoms with van der Waals surface area (Å²) in [5.74, 6) is 0.797. The first kappa shape index (κ1) is 53.4. The highest BCUT2D eigenvalue weighted by Crippen LogP contribution is 2.17. The first-order chi connectivity index (χ1) is 26.8. The molecule has 0 aliphatic carbocycles. The van der Waals surface area contributed by atoms with Crippen molar-refractivity contribution in [1.82, 2.24) is 0 Å². The van der Waals surface area contributed by atoms with Gasteiger partial charge in [0.05, 0.1) is 0 Å². The number of unbranched alkanes of at least 4 members (excludes halogenated alkanes) is 27. The molecule has 0 N–H and O–H groups in total. The van der Waals surface area contributed by atoms with E-state index in [1.54, 1.807) is 0 Å². The average Bonchev–Trinajstić information content (AvgIpc) is 3.17. The van der Waals surface area contributed by atoms with Gasteiger partial charge in [0.15, 0.2) is 6.10 Å². The second kappa shape index (κ2) is 42.0. The fourth-order valence-electron chi connectivity index (χ4n) is 7.25. The van der Waals surface area contributed by atoms with Crippen molar-refractivity contribution in [2.75, 3.05) is 13.2 Å². The van der Waals surface area contributed by atoms with Crippen molar-refractivity contribution in [3.8, 4) is 0 Å². The highest BCUT2D eigenvalue weighted by Gasteiger charge is 2.19. The molecule has 55 heavy (non-hydrogen) atoms. The zero-order chi connectivity index (χ0) is 40.5. The van der Waals surface area contributed by atoms with Crippen molar-refractivity contribution in [2.24, 2.45) is 11.8 Å². The van der Waals surface area contributed by atoms with Crippen LogP contribution < -0.4 is 0 Å². The lowest BCUT2D eigenvalue weighted by Gasteiger charge is -2.18. The molecule has 0 aliphatic rings. The van der Waals surface area contributed by atoms with E-state index in [1.807, 2.05) is 0 Å². The first-order valence-corrected chi connectivity index (χ1v) is 24.3. The zero-order valence-corrected chi connectivity index (χ0v) is 37.6. The average molecular weight is 779 g/mol. The molecular formula is C49H94O6. The zero-order valence-electron chi connectivity index (χ0n) is 37.6. The number of rotatable bonds is 43. The minimum atomic E-state index is -0.761. The molecule has 0 aliphatic heterocycles. The Morgan fingerprint density at radius 2 is 0.691 bits per heavy atom. The lowest BCUT2D eigenvalue weighted by Crippen LogP contribution is -2.30. The summed E-state index contributed by atoms with van der Waals surface area (Å²) in [7, 11) is 0. The Kier molecular flexibility index (Phi) is 40.8. The Morgan fingerprint density at radius 3 is 1.04 bits per heavy atom. The van der Waals surface area contributed by atoms with E-state index in [0.29, 0.717) is 19.3 Å². The molecule has 0 spiro atoms. The quantitative estimate of drug-likeness (QED) is 0.0348. The van der Waals surface area contributed by atoms with E-state index in [9.17, 15) is 14.4 Å². The molecule has 0 rings (SSSR count). The van der Waals surface area contributed by atoms with Gasteiger partial charge < -0.3 is 14.2 Å². The molecule has 0 bridgehead atoms. The van der Waals surface area contributed by atoms with Crippen LogP contribution in [0.15, 0.2) is 0 Å². The molecule has 0 saturated heterocycles. The molecule has 6 heteroatoms. The third-order valence-corrected chi connectivity index (χ3v) is 11.3. The molecule has 0 aromatic heterocycles. The standard InChI is InChI=1S/C49H94O6/c1-6-8-9-10-11-12-20-23-29-34-39-47(50)53-42-46(55-49(52)41-36-31-26-25-28-33-38-45(5)7-2)43-54-48(51)40-35-30-24-21-18-16-14-13-15-17-19-22-27-32-37-44(3)4/h44-46H,6-43H2,1-5H3/t45?,46-/m1/s1. The molecule has 2 atom stereocenters. The van der Waals surface area contributed by atoms with E-state index in [1.165, 1.54) is 154 Å².